The van der Waals surface area contributed by atoms with Gasteiger partial charge in [-0.1, -0.05) is 48.6 Å². The first-order valence-electron chi connectivity index (χ1n) is 5.50. The minimum absolute atomic E-state index is 0.291. The molecule has 4 heteroatoms. The lowest BCUT2D eigenvalue weighted by Crippen LogP contribution is -1.93. The molecule has 0 aliphatic rings. The van der Waals surface area contributed by atoms with Crippen molar-refractivity contribution >= 4 is 23.0 Å². The summed E-state index contributed by atoms with van der Waals surface area (Å²) in [4.78, 5) is 0. The second kappa shape index (κ2) is 4.31. The van der Waals surface area contributed by atoms with E-state index in [4.69, 9.17) is 12.2 Å². The molecule has 0 bridgehead atoms. The first kappa shape index (κ1) is 11.0. The SMILES string of the molecule is Fc1ccccc1-c1n[nH]c(=S)c2ccccc12. The average molecular weight is 256 g/mol. The van der Waals surface area contributed by atoms with E-state index < -0.39 is 0 Å². The maximum atomic E-state index is 13.8. The quantitative estimate of drug-likeness (QED) is 0.664. The molecule has 1 aromatic heterocycles. The van der Waals surface area contributed by atoms with E-state index in [1.54, 1.807) is 18.2 Å². The van der Waals surface area contributed by atoms with E-state index in [2.05, 4.69) is 10.2 Å². The molecule has 0 radical (unpaired) electrons. The molecular weight excluding hydrogens is 247 g/mol. The summed E-state index contributed by atoms with van der Waals surface area (Å²) in [5.74, 6) is -0.291. The van der Waals surface area contributed by atoms with Crippen molar-refractivity contribution in [2.24, 2.45) is 0 Å². The predicted octanol–water partition coefficient (Wildman–Crippen LogP) is 4.10. The first-order chi connectivity index (χ1) is 8.77. The number of nitrogens with one attached hydrogen (secondary N) is 1. The van der Waals surface area contributed by atoms with Crippen LogP contribution in [0.5, 0.6) is 0 Å². The summed E-state index contributed by atoms with van der Waals surface area (Å²) in [7, 11) is 0. The van der Waals surface area contributed by atoms with E-state index >= 15 is 0 Å². The molecule has 0 aliphatic carbocycles. The maximum Gasteiger partial charge on any atom is 0.132 e. The largest absolute Gasteiger partial charge is 0.267 e. The molecule has 0 unspecified atom stereocenters. The summed E-state index contributed by atoms with van der Waals surface area (Å²) in [6, 6.07) is 14.2. The highest BCUT2D eigenvalue weighted by Gasteiger charge is 2.10. The molecule has 2 nitrogen and oxygen atoms in total. The number of hydrogen-bond donors (Lipinski definition) is 1. The zero-order chi connectivity index (χ0) is 12.5. The van der Waals surface area contributed by atoms with Crippen molar-refractivity contribution in [3.05, 3.63) is 59.0 Å². The Hall–Kier alpha value is -2.07. The van der Waals surface area contributed by atoms with Crippen LogP contribution in [0, 0.1) is 10.5 Å². The number of rotatable bonds is 1. The highest BCUT2D eigenvalue weighted by atomic mass is 32.1. The van der Waals surface area contributed by atoms with Crippen molar-refractivity contribution in [3.8, 4) is 11.3 Å². The van der Waals surface area contributed by atoms with Gasteiger partial charge in [-0.2, -0.15) is 5.10 Å². The summed E-state index contributed by atoms with van der Waals surface area (Å²) >= 11 is 5.18. The van der Waals surface area contributed by atoms with Crippen LogP contribution in [-0.4, -0.2) is 10.2 Å². The molecule has 0 aliphatic heterocycles. The van der Waals surface area contributed by atoms with Gasteiger partial charge in [0.1, 0.15) is 16.2 Å². The molecule has 0 atom stereocenters. The highest BCUT2D eigenvalue weighted by molar-refractivity contribution is 7.71. The van der Waals surface area contributed by atoms with Crippen LogP contribution in [-0.2, 0) is 0 Å². The van der Waals surface area contributed by atoms with Gasteiger partial charge in [0.15, 0.2) is 0 Å². The predicted molar refractivity (Wildman–Crippen MR) is 72.3 cm³/mol. The fourth-order valence-corrected chi connectivity index (χ4v) is 2.20. The number of nitrogens with zero attached hydrogens (tertiary/aromatic N) is 1. The summed E-state index contributed by atoms with van der Waals surface area (Å²) in [6.45, 7) is 0. The van der Waals surface area contributed by atoms with Gasteiger partial charge < -0.3 is 0 Å². The van der Waals surface area contributed by atoms with Crippen molar-refractivity contribution < 1.29 is 4.39 Å². The second-order valence-corrected chi connectivity index (χ2v) is 4.34. The standard InChI is InChI=1S/C14H9FN2S/c15-12-8-4-3-7-11(12)13-9-5-1-2-6-10(9)14(18)17-16-13/h1-8H,(H,17,18). The zero-order valence-corrected chi connectivity index (χ0v) is 10.2. The van der Waals surface area contributed by atoms with E-state index in [0.29, 0.717) is 15.9 Å². The van der Waals surface area contributed by atoms with Gasteiger partial charge >= 0.3 is 0 Å². The molecule has 0 fully saturated rings. The van der Waals surface area contributed by atoms with Crippen LogP contribution in [0.25, 0.3) is 22.0 Å². The third kappa shape index (κ3) is 1.71. The van der Waals surface area contributed by atoms with Gasteiger partial charge in [-0.25, -0.2) is 4.39 Å². The average Bonchev–Trinajstić information content (AvgIpc) is 2.41. The Morgan fingerprint density at radius 2 is 1.61 bits per heavy atom. The van der Waals surface area contributed by atoms with Crippen LogP contribution < -0.4 is 0 Å². The molecule has 0 saturated carbocycles. The third-order valence-electron chi connectivity index (χ3n) is 2.83. The molecule has 1 heterocycles. The lowest BCUT2D eigenvalue weighted by Gasteiger charge is -2.06. The number of aromatic nitrogens is 2. The van der Waals surface area contributed by atoms with Crippen molar-refractivity contribution in [1.82, 2.24) is 10.2 Å². The van der Waals surface area contributed by atoms with Crippen molar-refractivity contribution in [2.45, 2.75) is 0 Å². The molecule has 0 spiro atoms. The second-order valence-electron chi connectivity index (χ2n) is 3.93. The van der Waals surface area contributed by atoms with Crippen LogP contribution in [0.15, 0.2) is 48.5 Å². The number of hydrogen-bond acceptors (Lipinski definition) is 2. The normalized spacial score (nSPS) is 10.7. The number of benzene rings is 2. The van der Waals surface area contributed by atoms with Crippen molar-refractivity contribution in [3.63, 3.8) is 0 Å². The first-order valence-corrected chi connectivity index (χ1v) is 5.90. The summed E-state index contributed by atoms with van der Waals surface area (Å²) in [6.07, 6.45) is 0. The van der Waals surface area contributed by atoms with Gasteiger partial charge in [-0.3, -0.25) is 5.10 Å². The molecule has 0 amide bonds. The lowest BCUT2D eigenvalue weighted by molar-refractivity contribution is 0.630. The Labute approximate surface area is 108 Å². The minimum atomic E-state index is -0.291. The molecule has 0 saturated heterocycles. The number of halogens is 1. The smallest absolute Gasteiger partial charge is 0.132 e. The maximum absolute atomic E-state index is 13.8. The lowest BCUT2D eigenvalue weighted by atomic mass is 10.1. The molecule has 3 aromatic rings. The van der Waals surface area contributed by atoms with Crippen LogP contribution in [0.1, 0.15) is 0 Å². The van der Waals surface area contributed by atoms with Crippen LogP contribution in [0.2, 0.25) is 0 Å². The van der Waals surface area contributed by atoms with E-state index in [1.807, 2.05) is 24.3 Å². The van der Waals surface area contributed by atoms with Gasteiger partial charge in [0, 0.05) is 16.3 Å². The van der Waals surface area contributed by atoms with E-state index in [-0.39, 0.29) is 5.82 Å². The molecular formula is C14H9FN2S. The monoisotopic (exact) mass is 256 g/mol. The molecule has 2 aromatic carbocycles. The summed E-state index contributed by atoms with van der Waals surface area (Å²) < 4.78 is 14.4. The van der Waals surface area contributed by atoms with Gasteiger partial charge in [0.2, 0.25) is 0 Å². The Morgan fingerprint density at radius 1 is 0.944 bits per heavy atom. The fraction of sp³-hybridized carbons (Fsp3) is 0. The van der Waals surface area contributed by atoms with Crippen LogP contribution >= 0.6 is 12.2 Å². The number of aromatic amines is 1. The summed E-state index contributed by atoms with van der Waals surface area (Å²) in [5.41, 5.74) is 1.05. The van der Waals surface area contributed by atoms with Gasteiger partial charge in [0.25, 0.3) is 0 Å². The number of H-pyrrole nitrogens is 1. The number of fused-ring (bicyclic) bond motifs is 1. The topological polar surface area (TPSA) is 28.7 Å². The Bertz CT molecular complexity index is 780. The van der Waals surface area contributed by atoms with Gasteiger partial charge in [0.05, 0.1) is 0 Å². The van der Waals surface area contributed by atoms with Gasteiger partial charge in [-0.15, -0.1) is 0 Å². The van der Waals surface area contributed by atoms with Crippen LogP contribution in [0.4, 0.5) is 4.39 Å². The molecule has 1 N–H and O–H groups in total. The van der Waals surface area contributed by atoms with E-state index in [1.165, 1.54) is 6.07 Å². The minimum Gasteiger partial charge on any atom is -0.267 e. The Morgan fingerprint density at radius 3 is 2.39 bits per heavy atom. The van der Waals surface area contributed by atoms with E-state index in [9.17, 15) is 4.39 Å². The summed E-state index contributed by atoms with van der Waals surface area (Å²) in [5, 5.41) is 8.66. The highest BCUT2D eigenvalue weighted by Crippen LogP contribution is 2.27. The molecule has 88 valence electrons. The van der Waals surface area contributed by atoms with Crippen molar-refractivity contribution in [2.75, 3.05) is 0 Å². The Kier molecular flexibility index (Phi) is 2.64. The molecule has 18 heavy (non-hydrogen) atoms. The van der Waals surface area contributed by atoms with Crippen molar-refractivity contribution in [1.29, 1.82) is 0 Å². The van der Waals surface area contributed by atoms with Gasteiger partial charge in [-0.05, 0) is 12.1 Å². The molecule has 3 rings (SSSR count). The zero-order valence-electron chi connectivity index (χ0n) is 9.35. The fourth-order valence-electron chi connectivity index (χ4n) is 1.97. The van der Waals surface area contributed by atoms with Crippen LogP contribution in [0.3, 0.4) is 0 Å². The third-order valence-corrected chi connectivity index (χ3v) is 3.14. The van der Waals surface area contributed by atoms with E-state index in [0.717, 1.165) is 10.8 Å². The Balaban J connectivity index is 2.41.